The predicted molar refractivity (Wildman–Crippen MR) is 80.9 cm³/mol. The highest BCUT2D eigenvalue weighted by molar-refractivity contribution is 7.12. The molecule has 20 heavy (non-hydrogen) atoms. The average molecular weight is 289 g/mol. The van der Waals surface area contributed by atoms with Crippen LogP contribution in [0.4, 0.5) is 0 Å². The second-order valence-electron chi connectivity index (χ2n) is 4.99. The van der Waals surface area contributed by atoms with E-state index in [9.17, 15) is 0 Å². The van der Waals surface area contributed by atoms with Crippen molar-refractivity contribution in [2.45, 2.75) is 31.7 Å². The summed E-state index contributed by atoms with van der Waals surface area (Å²) >= 11 is 1.84. The van der Waals surface area contributed by atoms with Gasteiger partial charge in [-0.15, -0.1) is 11.3 Å². The molecular weight excluding hydrogens is 270 g/mol. The van der Waals surface area contributed by atoms with E-state index in [4.69, 9.17) is 10.6 Å². The molecule has 3 rings (SSSR count). The van der Waals surface area contributed by atoms with Gasteiger partial charge in [0.25, 0.3) is 0 Å². The summed E-state index contributed by atoms with van der Waals surface area (Å²) in [5.41, 5.74) is 5.21. The zero-order chi connectivity index (χ0) is 13.9. The Labute approximate surface area is 123 Å². The Balaban J connectivity index is 1.99. The quantitative estimate of drug-likeness (QED) is 0.671. The smallest absolute Gasteiger partial charge is 0.142 e. The number of ether oxygens (including phenoxy) is 1. The molecule has 0 saturated heterocycles. The largest absolute Gasteiger partial charge is 0.495 e. The van der Waals surface area contributed by atoms with Gasteiger partial charge in [-0.1, -0.05) is 0 Å². The Hall–Kier alpha value is -1.43. The van der Waals surface area contributed by atoms with Gasteiger partial charge in [0.05, 0.1) is 7.11 Å². The van der Waals surface area contributed by atoms with Crippen molar-refractivity contribution >= 4 is 11.3 Å². The van der Waals surface area contributed by atoms with E-state index in [1.54, 1.807) is 13.3 Å². The van der Waals surface area contributed by atoms with E-state index in [2.05, 4.69) is 16.5 Å². The normalized spacial score (nSPS) is 15.7. The summed E-state index contributed by atoms with van der Waals surface area (Å²) in [7, 11) is 1.66. The third kappa shape index (κ3) is 2.44. The third-order valence-electron chi connectivity index (χ3n) is 3.76. The maximum absolute atomic E-state index is 5.78. The summed E-state index contributed by atoms with van der Waals surface area (Å²) in [5.74, 6) is 6.54. The van der Waals surface area contributed by atoms with Gasteiger partial charge < -0.3 is 4.74 Å². The summed E-state index contributed by atoms with van der Waals surface area (Å²) in [6.45, 7) is 0. The molecule has 1 unspecified atom stereocenters. The highest BCUT2D eigenvalue weighted by Gasteiger charge is 2.23. The van der Waals surface area contributed by atoms with Crippen molar-refractivity contribution in [1.82, 2.24) is 10.4 Å². The fourth-order valence-corrected chi connectivity index (χ4v) is 4.07. The van der Waals surface area contributed by atoms with Crippen LogP contribution in [0.5, 0.6) is 5.75 Å². The molecule has 0 fully saturated rings. The number of nitrogens with two attached hydrogens (primary N) is 1. The van der Waals surface area contributed by atoms with E-state index in [1.807, 2.05) is 23.5 Å². The number of methoxy groups -OCH3 is 1. The Morgan fingerprint density at radius 2 is 2.25 bits per heavy atom. The highest BCUT2D eigenvalue weighted by Crippen LogP contribution is 2.36. The first-order chi connectivity index (χ1) is 9.83. The number of nitrogens with one attached hydrogen (secondary N) is 1. The summed E-state index contributed by atoms with van der Waals surface area (Å²) in [4.78, 5) is 7.16. The van der Waals surface area contributed by atoms with Crippen molar-refractivity contribution in [3.8, 4) is 5.75 Å². The van der Waals surface area contributed by atoms with Crippen LogP contribution in [0.3, 0.4) is 0 Å². The Kier molecular flexibility index (Phi) is 4.00. The molecule has 106 valence electrons. The lowest BCUT2D eigenvalue weighted by atomic mass is 9.98. The number of hydrazine groups is 1. The summed E-state index contributed by atoms with van der Waals surface area (Å²) in [6.07, 6.45) is 6.73. The van der Waals surface area contributed by atoms with Gasteiger partial charge >= 0.3 is 0 Å². The number of hydrogen-bond donors (Lipinski definition) is 2. The molecule has 0 radical (unpaired) electrons. The number of rotatable bonds is 4. The van der Waals surface area contributed by atoms with Gasteiger partial charge in [-0.3, -0.25) is 10.8 Å². The molecule has 0 aliphatic heterocycles. The molecule has 0 saturated carbocycles. The lowest BCUT2D eigenvalue weighted by Gasteiger charge is -2.16. The van der Waals surface area contributed by atoms with Crippen LogP contribution in [-0.2, 0) is 12.8 Å². The molecule has 2 aromatic heterocycles. The zero-order valence-corrected chi connectivity index (χ0v) is 12.4. The Morgan fingerprint density at radius 3 is 3.00 bits per heavy atom. The minimum atomic E-state index is -0.109. The standard InChI is InChI=1S/C15H19N3OS/c1-19-11-6-4-8-17-14(11)15(18-16)13-9-10-5-2-3-7-12(10)20-13/h4,6,8-9,15,18H,2-3,5,7,16H2,1H3. The van der Waals surface area contributed by atoms with Gasteiger partial charge in [0.15, 0.2) is 0 Å². The van der Waals surface area contributed by atoms with E-state index in [1.165, 1.54) is 41.0 Å². The summed E-state index contributed by atoms with van der Waals surface area (Å²) < 4.78 is 5.40. The number of aromatic nitrogens is 1. The van der Waals surface area contributed by atoms with Gasteiger partial charge in [-0.2, -0.15) is 0 Å². The molecular formula is C15H19N3OS. The van der Waals surface area contributed by atoms with E-state index in [-0.39, 0.29) is 6.04 Å². The van der Waals surface area contributed by atoms with Crippen LogP contribution in [0.25, 0.3) is 0 Å². The number of thiophene rings is 1. The van der Waals surface area contributed by atoms with Crippen molar-refractivity contribution in [3.63, 3.8) is 0 Å². The number of aryl methyl sites for hydroxylation is 2. The SMILES string of the molecule is COc1cccnc1C(NN)c1cc2c(s1)CCCC2. The predicted octanol–water partition coefficient (Wildman–Crippen LogP) is 2.58. The van der Waals surface area contributed by atoms with Crippen LogP contribution < -0.4 is 16.0 Å². The molecule has 5 heteroatoms. The fraction of sp³-hybridized carbons (Fsp3) is 0.400. The molecule has 0 amide bonds. The van der Waals surface area contributed by atoms with Crippen molar-refractivity contribution in [2.24, 2.45) is 5.84 Å². The number of nitrogens with zero attached hydrogens (tertiary/aromatic N) is 1. The van der Waals surface area contributed by atoms with E-state index in [0.717, 1.165) is 11.4 Å². The van der Waals surface area contributed by atoms with Gasteiger partial charge in [-0.05, 0) is 49.4 Å². The highest BCUT2D eigenvalue weighted by atomic mass is 32.1. The van der Waals surface area contributed by atoms with Crippen molar-refractivity contribution < 1.29 is 4.74 Å². The van der Waals surface area contributed by atoms with Gasteiger partial charge in [0, 0.05) is 16.0 Å². The molecule has 1 aliphatic rings. The maximum atomic E-state index is 5.78. The first-order valence-corrected chi connectivity index (χ1v) is 7.71. The van der Waals surface area contributed by atoms with Crippen molar-refractivity contribution in [2.75, 3.05) is 7.11 Å². The van der Waals surface area contributed by atoms with E-state index < -0.39 is 0 Å². The molecule has 4 nitrogen and oxygen atoms in total. The molecule has 0 spiro atoms. The van der Waals surface area contributed by atoms with Gasteiger partial charge in [0.2, 0.25) is 0 Å². The first-order valence-electron chi connectivity index (χ1n) is 6.90. The summed E-state index contributed by atoms with van der Waals surface area (Å²) in [5, 5.41) is 0. The van der Waals surface area contributed by atoms with Gasteiger partial charge in [-0.25, -0.2) is 5.43 Å². The lowest BCUT2D eigenvalue weighted by molar-refractivity contribution is 0.400. The van der Waals surface area contributed by atoms with Crippen LogP contribution in [-0.4, -0.2) is 12.1 Å². The molecule has 0 bridgehead atoms. The zero-order valence-electron chi connectivity index (χ0n) is 11.6. The van der Waals surface area contributed by atoms with Crippen LogP contribution in [0, 0.1) is 0 Å². The minimum absolute atomic E-state index is 0.109. The number of hydrogen-bond acceptors (Lipinski definition) is 5. The van der Waals surface area contributed by atoms with Crippen LogP contribution in [0.2, 0.25) is 0 Å². The van der Waals surface area contributed by atoms with Crippen molar-refractivity contribution in [1.29, 1.82) is 0 Å². The molecule has 2 aromatic rings. The van der Waals surface area contributed by atoms with Crippen LogP contribution >= 0.6 is 11.3 Å². The van der Waals surface area contributed by atoms with Gasteiger partial charge in [0.1, 0.15) is 17.5 Å². The molecule has 2 heterocycles. The number of pyridine rings is 1. The molecule has 0 aromatic carbocycles. The molecule has 1 atom stereocenters. The minimum Gasteiger partial charge on any atom is -0.495 e. The van der Waals surface area contributed by atoms with Crippen LogP contribution in [0.1, 0.15) is 39.9 Å². The second-order valence-corrected chi connectivity index (χ2v) is 6.16. The molecule has 1 aliphatic carbocycles. The first kappa shape index (κ1) is 13.5. The summed E-state index contributed by atoms with van der Waals surface area (Å²) in [6, 6.07) is 5.95. The second kappa shape index (κ2) is 5.91. The monoisotopic (exact) mass is 289 g/mol. The fourth-order valence-electron chi connectivity index (χ4n) is 2.74. The Morgan fingerprint density at radius 1 is 1.40 bits per heavy atom. The van der Waals surface area contributed by atoms with Crippen LogP contribution in [0.15, 0.2) is 24.4 Å². The molecule has 3 N–H and O–H groups in total. The maximum Gasteiger partial charge on any atom is 0.142 e. The average Bonchev–Trinajstić information content (AvgIpc) is 2.92. The van der Waals surface area contributed by atoms with E-state index in [0.29, 0.717) is 0 Å². The van der Waals surface area contributed by atoms with Crippen molar-refractivity contribution in [3.05, 3.63) is 45.4 Å². The Bertz CT molecular complexity index is 573. The number of fused-ring (bicyclic) bond motifs is 1. The lowest BCUT2D eigenvalue weighted by Crippen LogP contribution is -2.29. The topological polar surface area (TPSA) is 60.2 Å². The third-order valence-corrected chi connectivity index (χ3v) is 5.06. The van der Waals surface area contributed by atoms with E-state index >= 15 is 0 Å².